The molecule has 8 heteroatoms. The topological polar surface area (TPSA) is 66.9 Å². The molecule has 0 radical (unpaired) electrons. The molecule has 0 atom stereocenters. The van der Waals surface area contributed by atoms with Crippen LogP contribution in [0.15, 0.2) is 54.9 Å². The molecule has 2 aromatic carbocycles. The lowest BCUT2D eigenvalue weighted by molar-refractivity contribution is 0.102. The molecule has 0 saturated carbocycles. The minimum absolute atomic E-state index is 0.0480. The Balaban J connectivity index is 1.70. The number of carbonyl (C=O) groups excluding carboxylic acids is 1. The first-order valence-corrected chi connectivity index (χ1v) is 7.50. The summed E-state index contributed by atoms with van der Waals surface area (Å²) in [6.45, 7) is 0. The Kier molecular flexibility index (Phi) is 4.85. The zero-order chi connectivity index (χ0) is 17.8. The van der Waals surface area contributed by atoms with E-state index in [1.54, 1.807) is 24.3 Å². The van der Waals surface area contributed by atoms with Crippen molar-refractivity contribution in [2.75, 3.05) is 10.6 Å². The molecule has 126 valence electrons. The van der Waals surface area contributed by atoms with Gasteiger partial charge in [-0.05, 0) is 30.3 Å². The maximum absolute atomic E-state index is 13.6. The van der Waals surface area contributed by atoms with Crippen LogP contribution < -0.4 is 10.6 Å². The van der Waals surface area contributed by atoms with Crippen molar-refractivity contribution in [2.45, 2.75) is 0 Å². The van der Waals surface area contributed by atoms with E-state index in [-0.39, 0.29) is 17.2 Å². The van der Waals surface area contributed by atoms with E-state index in [2.05, 4.69) is 20.6 Å². The molecule has 0 bridgehead atoms. The van der Waals surface area contributed by atoms with Crippen LogP contribution in [-0.4, -0.2) is 15.9 Å². The molecule has 0 aliphatic rings. The Morgan fingerprint density at radius 1 is 1.04 bits per heavy atom. The first kappa shape index (κ1) is 16.8. The maximum atomic E-state index is 13.6. The number of hydrogen-bond acceptors (Lipinski definition) is 4. The molecule has 3 aromatic rings. The standard InChI is InChI=1S/C17H11ClF2N4O/c18-10-2-1-3-12(6-10)23-17(25)15-8-22-16(9-21-15)24-14-5-4-11(19)7-13(14)20/h1-9H,(H,22,24)(H,23,25). The fourth-order valence-corrected chi connectivity index (χ4v) is 2.19. The largest absolute Gasteiger partial charge is 0.337 e. The van der Waals surface area contributed by atoms with Crippen LogP contribution in [0.2, 0.25) is 5.02 Å². The molecule has 25 heavy (non-hydrogen) atoms. The number of halogens is 3. The lowest BCUT2D eigenvalue weighted by atomic mass is 10.3. The summed E-state index contributed by atoms with van der Waals surface area (Å²) in [4.78, 5) is 20.1. The van der Waals surface area contributed by atoms with E-state index in [4.69, 9.17) is 11.6 Å². The summed E-state index contributed by atoms with van der Waals surface area (Å²) in [7, 11) is 0. The molecule has 2 N–H and O–H groups in total. The summed E-state index contributed by atoms with van der Waals surface area (Å²) in [5, 5.41) is 5.78. The monoisotopic (exact) mass is 360 g/mol. The van der Waals surface area contributed by atoms with Crippen LogP contribution in [0.3, 0.4) is 0 Å². The molecule has 5 nitrogen and oxygen atoms in total. The summed E-state index contributed by atoms with van der Waals surface area (Å²) >= 11 is 5.85. The van der Waals surface area contributed by atoms with Gasteiger partial charge >= 0.3 is 0 Å². The van der Waals surface area contributed by atoms with Gasteiger partial charge in [0.1, 0.15) is 23.1 Å². The first-order valence-electron chi connectivity index (χ1n) is 7.12. The average Bonchev–Trinajstić information content (AvgIpc) is 2.58. The van der Waals surface area contributed by atoms with E-state index in [0.717, 1.165) is 12.1 Å². The van der Waals surface area contributed by atoms with Crippen molar-refractivity contribution < 1.29 is 13.6 Å². The van der Waals surface area contributed by atoms with Crippen molar-refractivity contribution in [3.8, 4) is 0 Å². The third-order valence-corrected chi connectivity index (χ3v) is 3.40. The number of rotatable bonds is 4. The van der Waals surface area contributed by atoms with Crippen LogP contribution in [0.4, 0.5) is 26.0 Å². The highest BCUT2D eigenvalue weighted by molar-refractivity contribution is 6.30. The molecular formula is C17H11ClF2N4O. The molecule has 1 amide bonds. The van der Waals surface area contributed by atoms with Crippen molar-refractivity contribution in [1.29, 1.82) is 0 Å². The van der Waals surface area contributed by atoms with E-state index < -0.39 is 17.5 Å². The number of nitrogens with zero attached hydrogens (tertiary/aromatic N) is 2. The molecule has 0 saturated heterocycles. The quantitative estimate of drug-likeness (QED) is 0.723. The summed E-state index contributed by atoms with van der Waals surface area (Å²) < 4.78 is 26.5. The number of benzene rings is 2. The molecule has 3 rings (SSSR count). The van der Waals surface area contributed by atoms with Gasteiger partial charge in [0.05, 0.1) is 18.1 Å². The van der Waals surface area contributed by atoms with Gasteiger partial charge in [0.25, 0.3) is 5.91 Å². The Hall–Kier alpha value is -3.06. The van der Waals surface area contributed by atoms with Crippen molar-refractivity contribution in [1.82, 2.24) is 9.97 Å². The van der Waals surface area contributed by atoms with Crippen LogP contribution in [0, 0.1) is 11.6 Å². The average molecular weight is 361 g/mol. The Morgan fingerprint density at radius 3 is 2.56 bits per heavy atom. The SMILES string of the molecule is O=C(Nc1cccc(Cl)c1)c1cnc(Nc2ccc(F)cc2F)cn1. The van der Waals surface area contributed by atoms with Gasteiger partial charge in [-0.25, -0.2) is 18.7 Å². The smallest absolute Gasteiger partial charge is 0.275 e. The highest BCUT2D eigenvalue weighted by atomic mass is 35.5. The second-order valence-corrected chi connectivity index (χ2v) is 5.44. The van der Waals surface area contributed by atoms with Crippen molar-refractivity contribution >= 4 is 34.7 Å². The van der Waals surface area contributed by atoms with Gasteiger partial charge in [0.15, 0.2) is 0 Å². The third-order valence-electron chi connectivity index (χ3n) is 3.16. The van der Waals surface area contributed by atoms with Crippen LogP contribution in [-0.2, 0) is 0 Å². The van der Waals surface area contributed by atoms with E-state index in [1.165, 1.54) is 18.5 Å². The van der Waals surface area contributed by atoms with Gasteiger partial charge < -0.3 is 10.6 Å². The Labute approximate surface area is 146 Å². The van der Waals surface area contributed by atoms with Gasteiger partial charge in [0, 0.05) is 16.8 Å². The zero-order valence-electron chi connectivity index (χ0n) is 12.6. The molecular weight excluding hydrogens is 350 g/mol. The van der Waals surface area contributed by atoms with Gasteiger partial charge in [-0.2, -0.15) is 0 Å². The van der Waals surface area contributed by atoms with E-state index >= 15 is 0 Å². The second kappa shape index (κ2) is 7.23. The van der Waals surface area contributed by atoms with E-state index in [0.29, 0.717) is 10.7 Å². The molecule has 0 fully saturated rings. The summed E-state index contributed by atoms with van der Waals surface area (Å²) in [6, 6.07) is 9.78. The molecule has 0 aliphatic heterocycles. The lowest BCUT2D eigenvalue weighted by Gasteiger charge is -2.08. The Morgan fingerprint density at radius 2 is 1.88 bits per heavy atom. The first-order chi connectivity index (χ1) is 12.0. The summed E-state index contributed by atoms with van der Waals surface area (Å²) in [5.74, 6) is -1.69. The molecule has 0 unspecified atom stereocenters. The fraction of sp³-hybridized carbons (Fsp3) is 0. The van der Waals surface area contributed by atoms with Crippen molar-refractivity contribution in [3.63, 3.8) is 0 Å². The minimum atomic E-state index is -0.760. The number of anilines is 3. The molecule has 1 heterocycles. The van der Waals surface area contributed by atoms with Crippen molar-refractivity contribution in [3.05, 3.63) is 77.2 Å². The number of carbonyl (C=O) groups is 1. The van der Waals surface area contributed by atoms with Gasteiger partial charge in [-0.3, -0.25) is 4.79 Å². The number of hydrogen-bond donors (Lipinski definition) is 2. The summed E-state index contributed by atoms with van der Waals surface area (Å²) in [5.41, 5.74) is 0.645. The third kappa shape index (κ3) is 4.27. The van der Waals surface area contributed by atoms with E-state index in [9.17, 15) is 13.6 Å². The van der Waals surface area contributed by atoms with Gasteiger partial charge in [-0.15, -0.1) is 0 Å². The Bertz CT molecular complexity index is 919. The zero-order valence-corrected chi connectivity index (χ0v) is 13.4. The maximum Gasteiger partial charge on any atom is 0.275 e. The predicted octanol–water partition coefficient (Wildman–Crippen LogP) is 4.40. The van der Waals surface area contributed by atoms with Crippen LogP contribution in [0.25, 0.3) is 0 Å². The highest BCUT2D eigenvalue weighted by Crippen LogP contribution is 2.19. The van der Waals surface area contributed by atoms with Gasteiger partial charge in [0.2, 0.25) is 0 Å². The van der Waals surface area contributed by atoms with E-state index in [1.807, 2.05) is 0 Å². The van der Waals surface area contributed by atoms with Crippen molar-refractivity contribution in [2.24, 2.45) is 0 Å². The summed E-state index contributed by atoms with van der Waals surface area (Å²) in [6.07, 6.45) is 2.51. The number of aromatic nitrogens is 2. The minimum Gasteiger partial charge on any atom is -0.337 e. The predicted molar refractivity (Wildman–Crippen MR) is 91.1 cm³/mol. The molecule has 0 aliphatic carbocycles. The molecule has 0 spiro atoms. The second-order valence-electron chi connectivity index (χ2n) is 5.00. The van der Waals surface area contributed by atoms with Crippen LogP contribution in [0.5, 0.6) is 0 Å². The fourth-order valence-electron chi connectivity index (χ4n) is 2.00. The number of nitrogens with one attached hydrogen (secondary N) is 2. The normalized spacial score (nSPS) is 10.4. The van der Waals surface area contributed by atoms with Crippen LogP contribution >= 0.6 is 11.6 Å². The highest BCUT2D eigenvalue weighted by Gasteiger charge is 2.10. The molecule has 1 aromatic heterocycles. The van der Waals surface area contributed by atoms with Crippen LogP contribution in [0.1, 0.15) is 10.5 Å². The number of amides is 1. The van der Waals surface area contributed by atoms with Gasteiger partial charge in [-0.1, -0.05) is 17.7 Å². The lowest BCUT2D eigenvalue weighted by Crippen LogP contribution is -2.14.